The molecule has 0 bridgehead atoms. The molecule has 1 saturated carbocycles. The quantitative estimate of drug-likeness (QED) is 0.889. The highest BCUT2D eigenvalue weighted by molar-refractivity contribution is 5.54. The van der Waals surface area contributed by atoms with Gasteiger partial charge in [0.25, 0.3) is 11.8 Å². The number of piperazine rings is 1. The number of nitrogens with zero attached hydrogens (tertiary/aromatic N) is 4. The van der Waals surface area contributed by atoms with Gasteiger partial charge in [-0.3, -0.25) is 4.90 Å². The average molecular weight is 356 g/mol. The van der Waals surface area contributed by atoms with Crippen molar-refractivity contribution in [2.45, 2.75) is 50.6 Å². The second-order valence-corrected chi connectivity index (χ2v) is 7.41. The molecule has 1 aromatic heterocycles. The summed E-state index contributed by atoms with van der Waals surface area (Å²) >= 11 is 0. The smallest absolute Gasteiger partial charge is 0.266 e. The highest BCUT2D eigenvalue weighted by atomic mass is 16.5. The molecule has 2 fully saturated rings. The van der Waals surface area contributed by atoms with E-state index in [0.717, 1.165) is 31.6 Å². The SMILES string of the molecule is OCC[C@H]1CN(c2noc(-c3ccccc3)n2)CCN1C1CCCCC1. The second-order valence-electron chi connectivity index (χ2n) is 7.41. The van der Waals surface area contributed by atoms with Gasteiger partial charge in [-0.05, 0) is 36.6 Å². The predicted molar refractivity (Wildman–Crippen MR) is 101 cm³/mol. The minimum atomic E-state index is 0.225. The Balaban J connectivity index is 1.46. The first-order valence-electron chi connectivity index (χ1n) is 9.86. The van der Waals surface area contributed by atoms with Gasteiger partial charge in [0.15, 0.2) is 0 Å². The Morgan fingerprint density at radius 3 is 2.65 bits per heavy atom. The lowest BCUT2D eigenvalue weighted by Crippen LogP contribution is -2.57. The molecule has 1 aliphatic heterocycles. The normalized spacial score (nSPS) is 22.7. The molecule has 0 unspecified atom stereocenters. The van der Waals surface area contributed by atoms with E-state index in [1.165, 1.54) is 32.1 Å². The minimum Gasteiger partial charge on any atom is -0.396 e. The van der Waals surface area contributed by atoms with Crippen molar-refractivity contribution in [3.8, 4) is 11.5 Å². The summed E-state index contributed by atoms with van der Waals surface area (Å²) in [6.45, 7) is 2.99. The van der Waals surface area contributed by atoms with Crippen LogP contribution in [0.5, 0.6) is 0 Å². The van der Waals surface area contributed by atoms with Crippen molar-refractivity contribution < 1.29 is 9.63 Å². The number of rotatable bonds is 5. The fourth-order valence-corrected chi connectivity index (χ4v) is 4.39. The van der Waals surface area contributed by atoms with Crippen LogP contribution < -0.4 is 4.90 Å². The molecule has 2 aromatic rings. The van der Waals surface area contributed by atoms with Crippen LogP contribution in [-0.4, -0.2) is 58.5 Å². The molecule has 0 radical (unpaired) electrons. The van der Waals surface area contributed by atoms with Crippen LogP contribution in [0.15, 0.2) is 34.9 Å². The van der Waals surface area contributed by atoms with Crippen LogP contribution in [0.1, 0.15) is 38.5 Å². The second kappa shape index (κ2) is 8.18. The minimum absolute atomic E-state index is 0.225. The fourth-order valence-electron chi connectivity index (χ4n) is 4.39. The van der Waals surface area contributed by atoms with E-state index in [4.69, 9.17) is 4.52 Å². The lowest BCUT2D eigenvalue weighted by molar-refractivity contribution is 0.0752. The number of hydrogen-bond donors (Lipinski definition) is 1. The fraction of sp³-hybridized carbons (Fsp3) is 0.600. The number of anilines is 1. The van der Waals surface area contributed by atoms with Crippen molar-refractivity contribution in [1.29, 1.82) is 0 Å². The molecule has 0 spiro atoms. The van der Waals surface area contributed by atoms with Gasteiger partial charge in [0.1, 0.15) is 0 Å². The zero-order valence-corrected chi connectivity index (χ0v) is 15.3. The van der Waals surface area contributed by atoms with E-state index in [-0.39, 0.29) is 6.61 Å². The van der Waals surface area contributed by atoms with Gasteiger partial charge in [0.2, 0.25) is 0 Å². The molecule has 1 N–H and O–H groups in total. The third kappa shape index (κ3) is 3.76. The van der Waals surface area contributed by atoms with Crippen molar-refractivity contribution in [2.75, 3.05) is 31.1 Å². The molecule has 6 heteroatoms. The van der Waals surface area contributed by atoms with Crippen LogP contribution in [0.25, 0.3) is 11.5 Å². The van der Waals surface area contributed by atoms with Crippen molar-refractivity contribution in [1.82, 2.24) is 15.0 Å². The summed E-state index contributed by atoms with van der Waals surface area (Å²) in [7, 11) is 0. The van der Waals surface area contributed by atoms with Crippen LogP contribution in [-0.2, 0) is 0 Å². The number of aliphatic hydroxyl groups excluding tert-OH is 1. The molecule has 4 rings (SSSR count). The first kappa shape index (κ1) is 17.5. The molecule has 2 heterocycles. The Labute approximate surface area is 154 Å². The van der Waals surface area contributed by atoms with Gasteiger partial charge in [-0.1, -0.05) is 37.5 Å². The largest absolute Gasteiger partial charge is 0.396 e. The van der Waals surface area contributed by atoms with Crippen LogP contribution in [0.2, 0.25) is 0 Å². The summed E-state index contributed by atoms with van der Waals surface area (Å²) in [6.07, 6.45) is 7.43. The predicted octanol–water partition coefficient (Wildman–Crippen LogP) is 2.94. The molecule has 1 aliphatic carbocycles. The molecule has 26 heavy (non-hydrogen) atoms. The topological polar surface area (TPSA) is 65.6 Å². The van der Waals surface area contributed by atoms with E-state index in [1.807, 2.05) is 30.3 Å². The molecule has 2 aliphatic rings. The first-order chi connectivity index (χ1) is 12.8. The summed E-state index contributed by atoms with van der Waals surface area (Å²) in [6, 6.07) is 10.9. The lowest BCUT2D eigenvalue weighted by Gasteiger charge is -2.46. The number of benzene rings is 1. The third-order valence-electron chi connectivity index (χ3n) is 5.75. The van der Waals surface area contributed by atoms with Crippen LogP contribution >= 0.6 is 0 Å². The zero-order chi connectivity index (χ0) is 17.8. The van der Waals surface area contributed by atoms with E-state index >= 15 is 0 Å². The molecule has 0 amide bonds. The molecular weight excluding hydrogens is 328 g/mol. The van der Waals surface area contributed by atoms with Gasteiger partial charge >= 0.3 is 0 Å². The Morgan fingerprint density at radius 1 is 1.08 bits per heavy atom. The first-order valence-corrected chi connectivity index (χ1v) is 9.86. The highest BCUT2D eigenvalue weighted by Gasteiger charge is 2.33. The Hall–Kier alpha value is -1.92. The standard InChI is InChI=1S/C20H28N4O2/c25-14-11-18-15-23(12-13-24(18)17-9-5-2-6-10-17)20-21-19(26-22-20)16-7-3-1-4-8-16/h1,3-4,7-8,17-18,25H,2,5-6,9-15H2/t18-/m0/s1. The molecular formula is C20H28N4O2. The summed E-state index contributed by atoms with van der Waals surface area (Å²) in [5.74, 6) is 1.23. The van der Waals surface area contributed by atoms with Crippen molar-refractivity contribution >= 4 is 5.95 Å². The third-order valence-corrected chi connectivity index (χ3v) is 5.75. The van der Waals surface area contributed by atoms with Gasteiger partial charge in [0.05, 0.1) is 0 Å². The van der Waals surface area contributed by atoms with E-state index in [1.54, 1.807) is 0 Å². The van der Waals surface area contributed by atoms with Gasteiger partial charge in [-0.15, -0.1) is 0 Å². The van der Waals surface area contributed by atoms with Crippen LogP contribution in [0.3, 0.4) is 0 Å². The maximum absolute atomic E-state index is 9.55. The van der Waals surface area contributed by atoms with Gasteiger partial charge in [-0.25, -0.2) is 0 Å². The van der Waals surface area contributed by atoms with Crippen molar-refractivity contribution in [3.63, 3.8) is 0 Å². The average Bonchev–Trinajstić information content (AvgIpc) is 3.20. The van der Waals surface area contributed by atoms with Crippen LogP contribution in [0, 0.1) is 0 Å². The Morgan fingerprint density at radius 2 is 1.88 bits per heavy atom. The maximum atomic E-state index is 9.55. The Kier molecular flexibility index (Phi) is 5.51. The van der Waals surface area contributed by atoms with E-state index in [0.29, 0.717) is 23.9 Å². The van der Waals surface area contributed by atoms with Gasteiger partial charge in [0, 0.05) is 43.9 Å². The summed E-state index contributed by atoms with van der Waals surface area (Å²) in [5, 5.41) is 13.8. The maximum Gasteiger partial charge on any atom is 0.266 e. The van der Waals surface area contributed by atoms with E-state index in [2.05, 4.69) is 19.9 Å². The highest BCUT2D eigenvalue weighted by Crippen LogP contribution is 2.28. The Bertz CT molecular complexity index is 684. The number of aliphatic hydroxyl groups is 1. The van der Waals surface area contributed by atoms with Crippen LogP contribution in [0.4, 0.5) is 5.95 Å². The summed E-state index contributed by atoms with van der Waals surface area (Å²) in [4.78, 5) is 9.44. The number of hydrogen-bond acceptors (Lipinski definition) is 6. The van der Waals surface area contributed by atoms with Crippen molar-refractivity contribution in [3.05, 3.63) is 30.3 Å². The van der Waals surface area contributed by atoms with E-state index < -0.39 is 0 Å². The van der Waals surface area contributed by atoms with Gasteiger partial charge in [-0.2, -0.15) is 4.98 Å². The van der Waals surface area contributed by atoms with Gasteiger partial charge < -0.3 is 14.5 Å². The lowest BCUT2D eigenvalue weighted by atomic mass is 9.92. The molecule has 1 saturated heterocycles. The molecule has 1 aromatic carbocycles. The molecule has 6 nitrogen and oxygen atoms in total. The zero-order valence-electron chi connectivity index (χ0n) is 15.3. The number of aromatic nitrogens is 2. The summed E-state index contributed by atoms with van der Waals surface area (Å²) in [5.41, 5.74) is 0.944. The monoisotopic (exact) mass is 356 g/mol. The molecule has 140 valence electrons. The van der Waals surface area contributed by atoms with E-state index in [9.17, 15) is 5.11 Å². The van der Waals surface area contributed by atoms with Crippen molar-refractivity contribution in [2.24, 2.45) is 0 Å². The summed E-state index contributed by atoms with van der Waals surface area (Å²) < 4.78 is 5.48. The molecule has 1 atom stereocenters.